The van der Waals surface area contributed by atoms with E-state index in [4.69, 9.17) is 14.2 Å². The van der Waals surface area contributed by atoms with E-state index in [-0.39, 0.29) is 80.2 Å². The van der Waals surface area contributed by atoms with E-state index in [2.05, 4.69) is 26.6 Å². The van der Waals surface area contributed by atoms with Crippen molar-refractivity contribution in [3.8, 4) is 0 Å². The molecule has 23 nitrogen and oxygen atoms in total. The lowest BCUT2D eigenvalue weighted by molar-refractivity contribution is -0.146. The fraction of sp³-hybridized carbons (Fsp3) is 0.639. The van der Waals surface area contributed by atoms with E-state index in [0.29, 0.717) is 68.4 Å². The standard InChI is InChI=1S/C61H93N9O14/c1-13-39(6)55(46(82-11)33-51(75)69-32-20-23-45(69)57(83-12)40(7)58(78)64-41(8)56(77)43-21-16-14-17-22-43)67(9)52(76)35-63-60(80)54(38(4)5)68(10)61(81)84-36-42-25-27-44(28-26-42)65-48(72)34-62-59(79)53(37(2)3)66-47(71)24-18-15-19-31-70-49(73)29-30-50(70)74/h14,16-17,21-22,25-28,37-41,45-46,53-57,77H,13,15,18-20,23-24,29-36H2,1-12H3,(H,62,79)(H,63,80)(H,64,78)(H,65,72)(H,66,71)/t39-,40+,41+,45-,46+,53?,54?,55-,56+,57+/m0/s1. The lowest BCUT2D eigenvalue weighted by atomic mass is 9.90. The first-order valence-corrected chi connectivity index (χ1v) is 29.5. The number of methoxy groups -OCH3 is 2. The van der Waals surface area contributed by atoms with Gasteiger partial charge >= 0.3 is 6.09 Å². The predicted octanol–water partition coefficient (Wildman–Crippen LogP) is 4.46. The SMILES string of the molecule is CC[C@H](C)[C@@H]([C@@H](CC(=O)N1CCC[C@H]1[C@H](OC)[C@@H](C)C(=O)N[C@H](C)[C@@H](O)c1ccccc1)OC)N(C)C(=O)CNC(=O)C(C(C)C)N(C)C(=O)OCc1ccc(NC(=O)CNC(=O)C(NC(=O)CCCCCN2C(=O)CCC2=O)C(C)C)cc1. The summed E-state index contributed by atoms with van der Waals surface area (Å²) in [5, 5.41) is 24.5. The number of unbranched alkanes of at least 4 members (excludes halogenated alkanes) is 2. The number of anilines is 1. The van der Waals surface area contributed by atoms with Crippen molar-refractivity contribution >= 4 is 64.9 Å². The molecule has 0 aromatic heterocycles. The number of imide groups is 1. The molecule has 2 aliphatic heterocycles. The highest BCUT2D eigenvalue weighted by Crippen LogP contribution is 2.30. The Hall–Kier alpha value is -6.98. The maximum atomic E-state index is 14.3. The Morgan fingerprint density at radius 1 is 0.738 bits per heavy atom. The van der Waals surface area contributed by atoms with Gasteiger partial charge in [-0.05, 0) is 73.6 Å². The molecule has 2 fully saturated rings. The van der Waals surface area contributed by atoms with Crippen LogP contribution >= 0.6 is 0 Å². The highest BCUT2D eigenvalue weighted by atomic mass is 16.6. The van der Waals surface area contributed by atoms with Crippen LogP contribution in [-0.2, 0) is 64.0 Å². The van der Waals surface area contributed by atoms with Gasteiger partial charge in [-0.1, -0.05) is 104 Å². The number of nitrogens with one attached hydrogen (secondary N) is 5. The van der Waals surface area contributed by atoms with Crippen LogP contribution in [-0.4, -0.2) is 181 Å². The molecule has 84 heavy (non-hydrogen) atoms. The van der Waals surface area contributed by atoms with Gasteiger partial charge in [-0.25, -0.2) is 4.79 Å². The van der Waals surface area contributed by atoms with Crippen LogP contribution in [0.3, 0.4) is 0 Å². The molecule has 10 amide bonds. The molecular formula is C61H93N9O14. The molecule has 0 radical (unpaired) electrons. The molecule has 2 unspecified atom stereocenters. The quantitative estimate of drug-likeness (QED) is 0.0425. The van der Waals surface area contributed by atoms with Gasteiger partial charge in [-0.2, -0.15) is 0 Å². The smallest absolute Gasteiger partial charge is 0.410 e. The van der Waals surface area contributed by atoms with Crippen molar-refractivity contribution < 1.29 is 67.3 Å². The molecule has 2 heterocycles. The average molecular weight is 1180 g/mol. The first-order valence-electron chi connectivity index (χ1n) is 29.5. The number of aliphatic hydroxyl groups is 1. The Labute approximate surface area is 495 Å². The minimum atomic E-state index is -1.03. The number of carbonyl (C=O) groups is 10. The summed E-state index contributed by atoms with van der Waals surface area (Å²) < 4.78 is 17.5. The molecule has 0 saturated carbocycles. The summed E-state index contributed by atoms with van der Waals surface area (Å²) in [5.74, 6) is -4.76. The molecule has 0 bridgehead atoms. The second-order valence-corrected chi connectivity index (χ2v) is 22.9. The number of ether oxygens (including phenoxy) is 3. The molecule has 0 aliphatic carbocycles. The monoisotopic (exact) mass is 1180 g/mol. The summed E-state index contributed by atoms with van der Waals surface area (Å²) in [6.45, 7) is 14.3. The van der Waals surface area contributed by atoms with Gasteiger partial charge in [0, 0.05) is 66.4 Å². The van der Waals surface area contributed by atoms with Gasteiger partial charge in [0.15, 0.2) is 0 Å². The van der Waals surface area contributed by atoms with Gasteiger partial charge < -0.3 is 55.7 Å². The van der Waals surface area contributed by atoms with Crippen molar-refractivity contribution in [1.29, 1.82) is 0 Å². The van der Waals surface area contributed by atoms with Crippen molar-refractivity contribution in [3.05, 3.63) is 65.7 Å². The molecular weight excluding hydrogens is 1080 g/mol. The number of benzene rings is 2. The summed E-state index contributed by atoms with van der Waals surface area (Å²) in [6, 6.07) is 12.0. The van der Waals surface area contributed by atoms with Crippen LogP contribution < -0.4 is 26.6 Å². The number of likely N-dealkylation sites (N-methyl/N-ethyl adjacent to an activating group) is 2. The Bertz CT molecular complexity index is 2520. The van der Waals surface area contributed by atoms with Gasteiger partial charge in [-0.15, -0.1) is 0 Å². The molecule has 2 saturated heterocycles. The summed E-state index contributed by atoms with van der Waals surface area (Å²) in [7, 11) is 6.04. The summed E-state index contributed by atoms with van der Waals surface area (Å²) in [4.78, 5) is 137. The van der Waals surface area contributed by atoms with E-state index >= 15 is 0 Å². The number of rotatable bonds is 33. The summed E-state index contributed by atoms with van der Waals surface area (Å²) in [6.07, 6.45) is 1.10. The first-order chi connectivity index (χ1) is 39.8. The molecule has 2 aromatic rings. The number of aliphatic hydroxyl groups excluding tert-OH is 1. The highest BCUT2D eigenvalue weighted by Gasteiger charge is 2.43. The van der Waals surface area contributed by atoms with Crippen molar-refractivity contribution in [2.24, 2.45) is 23.7 Å². The highest BCUT2D eigenvalue weighted by molar-refractivity contribution is 6.02. The van der Waals surface area contributed by atoms with E-state index in [1.54, 1.807) is 89.9 Å². The third-order valence-corrected chi connectivity index (χ3v) is 16.0. The lowest BCUT2D eigenvalue weighted by Crippen LogP contribution is -2.56. The van der Waals surface area contributed by atoms with Gasteiger partial charge in [-0.3, -0.25) is 53.0 Å². The van der Waals surface area contributed by atoms with Crippen LogP contribution in [0.4, 0.5) is 10.5 Å². The predicted molar refractivity (Wildman–Crippen MR) is 314 cm³/mol. The van der Waals surface area contributed by atoms with Crippen molar-refractivity contribution in [3.63, 3.8) is 0 Å². The third kappa shape index (κ3) is 20.1. The molecule has 23 heteroatoms. The Morgan fingerprint density at radius 2 is 1.38 bits per heavy atom. The molecule has 466 valence electrons. The third-order valence-electron chi connectivity index (χ3n) is 16.0. The van der Waals surface area contributed by atoms with Crippen LogP contribution in [0.15, 0.2) is 54.6 Å². The Morgan fingerprint density at radius 3 is 1.98 bits per heavy atom. The summed E-state index contributed by atoms with van der Waals surface area (Å²) >= 11 is 0. The number of amides is 10. The largest absolute Gasteiger partial charge is 0.445 e. The van der Waals surface area contributed by atoms with Crippen molar-refractivity contribution in [2.45, 2.75) is 175 Å². The molecule has 10 atom stereocenters. The van der Waals surface area contributed by atoms with Crippen molar-refractivity contribution in [1.82, 2.24) is 40.9 Å². The van der Waals surface area contributed by atoms with Gasteiger partial charge in [0.1, 0.15) is 18.7 Å². The number of carbonyl (C=O) groups excluding carboxylic acids is 10. The number of nitrogens with zero attached hydrogens (tertiary/aromatic N) is 4. The number of hydrogen-bond donors (Lipinski definition) is 6. The molecule has 2 aliphatic rings. The normalized spacial score (nSPS) is 17.5. The topological polar surface area (TPSA) is 292 Å². The maximum absolute atomic E-state index is 14.3. The zero-order valence-electron chi connectivity index (χ0n) is 51.3. The van der Waals surface area contributed by atoms with Gasteiger partial charge in [0.05, 0.1) is 61.9 Å². The maximum Gasteiger partial charge on any atom is 0.410 e. The number of hydrogen-bond acceptors (Lipinski definition) is 14. The lowest BCUT2D eigenvalue weighted by Gasteiger charge is -2.39. The van der Waals surface area contributed by atoms with E-state index in [1.165, 1.54) is 31.1 Å². The van der Waals surface area contributed by atoms with E-state index < -0.39 is 96.6 Å². The number of likely N-dealkylation sites (tertiary alicyclic amines) is 2. The van der Waals surface area contributed by atoms with Gasteiger partial charge in [0.25, 0.3) is 0 Å². The minimum absolute atomic E-state index is 0.0705. The van der Waals surface area contributed by atoms with E-state index in [9.17, 15) is 53.1 Å². The van der Waals surface area contributed by atoms with Crippen LogP contribution in [0.2, 0.25) is 0 Å². The van der Waals surface area contributed by atoms with Crippen LogP contribution in [0.5, 0.6) is 0 Å². The van der Waals surface area contributed by atoms with Crippen molar-refractivity contribution in [2.75, 3.05) is 59.8 Å². The summed E-state index contributed by atoms with van der Waals surface area (Å²) in [5.41, 5.74) is 1.65. The second-order valence-electron chi connectivity index (χ2n) is 22.9. The first kappa shape index (κ1) is 69.5. The molecule has 2 aromatic carbocycles. The fourth-order valence-corrected chi connectivity index (χ4v) is 10.9. The van der Waals surface area contributed by atoms with E-state index in [0.717, 1.165) is 4.90 Å². The minimum Gasteiger partial charge on any atom is -0.445 e. The van der Waals surface area contributed by atoms with Crippen LogP contribution in [0.25, 0.3) is 0 Å². The van der Waals surface area contributed by atoms with Crippen LogP contribution in [0, 0.1) is 23.7 Å². The van der Waals surface area contributed by atoms with Crippen LogP contribution in [0.1, 0.15) is 137 Å². The molecule has 6 N–H and O–H groups in total. The molecule has 0 spiro atoms. The zero-order chi connectivity index (χ0) is 62.4. The Balaban J connectivity index is 1.24. The zero-order valence-corrected chi connectivity index (χ0v) is 51.3. The second kappa shape index (κ2) is 34.1. The molecule has 4 rings (SSSR count). The Kier molecular flexibility index (Phi) is 28.2. The average Bonchev–Trinajstić information content (AvgIpc) is 4.24. The fourth-order valence-electron chi connectivity index (χ4n) is 10.9. The van der Waals surface area contributed by atoms with E-state index in [1.807, 2.05) is 32.0 Å². The van der Waals surface area contributed by atoms with Gasteiger partial charge in [0.2, 0.25) is 53.2 Å².